The van der Waals surface area contributed by atoms with Gasteiger partial charge in [0, 0.05) is 118 Å². The average Bonchev–Trinajstić information content (AvgIpc) is 2.93. The first-order chi connectivity index (χ1) is 40.0. The van der Waals surface area contributed by atoms with E-state index in [1.54, 1.807) is 34.9 Å². The van der Waals surface area contributed by atoms with Crippen LogP contribution in [0.1, 0.15) is 135 Å². The smallest absolute Gasteiger partial charge is 0.344 e. The first-order valence-corrected chi connectivity index (χ1v) is 30.5. The Bertz CT molecular complexity index is 2770. The van der Waals surface area contributed by atoms with Crippen LogP contribution in [0.15, 0.2) is 109 Å². The van der Waals surface area contributed by atoms with Gasteiger partial charge < -0.3 is 38.7 Å². The monoisotopic (exact) mass is 1150 g/mol. The number of hydrogen-bond acceptors (Lipinski definition) is 11. The van der Waals surface area contributed by atoms with Crippen LogP contribution in [0.4, 0.5) is 0 Å². The summed E-state index contributed by atoms with van der Waals surface area (Å²) in [4.78, 5) is 89.2. The lowest BCUT2D eigenvalue weighted by Crippen LogP contribution is -2.60. The molecule has 4 fully saturated rings. The summed E-state index contributed by atoms with van der Waals surface area (Å²) in [6, 6.07) is 37.2. The van der Waals surface area contributed by atoms with Crippen LogP contribution in [0.3, 0.4) is 0 Å². The summed E-state index contributed by atoms with van der Waals surface area (Å²) < 4.78 is 16.3. The van der Waals surface area contributed by atoms with Crippen molar-refractivity contribution in [3.8, 4) is 11.5 Å². The molecule has 456 valence electrons. The molecule has 0 saturated carbocycles. The minimum Gasteiger partial charge on any atom is -0.484 e. The molecule has 2 unspecified atom stereocenters. The van der Waals surface area contributed by atoms with Crippen LogP contribution >= 0.6 is 0 Å². The molecule has 5 amide bonds. The highest BCUT2D eigenvalue weighted by molar-refractivity contribution is 5.79. The number of carbonyl (C=O) groups is 6. The Labute approximate surface area is 500 Å². The van der Waals surface area contributed by atoms with E-state index >= 15 is 0 Å². The van der Waals surface area contributed by atoms with Crippen molar-refractivity contribution >= 4 is 35.5 Å². The lowest BCUT2D eigenvalue weighted by Gasteiger charge is -2.50. The third-order valence-electron chi connectivity index (χ3n) is 17.4. The van der Waals surface area contributed by atoms with Crippen LogP contribution in [0.2, 0.25) is 0 Å². The molecule has 4 saturated heterocycles. The number of likely N-dealkylation sites (N-methyl/N-ethyl adjacent to an activating group) is 1. The molecule has 16 nitrogen and oxygen atoms in total. The van der Waals surface area contributed by atoms with Gasteiger partial charge in [-0.25, -0.2) is 4.79 Å². The molecule has 0 spiro atoms. The molecule has 4 atom stereocenters. The number of esters is 1. The molecule has 0 aromatic heterocycles. The molecule has 4 aliphatic rings. The molecule has 4 heterocycles. The fraction of sp³-hybridized carbons (Fsp3) is 0.559. The number of hydrogen-bond donors (Lipinski definition) is 0. The number of rotatable bonds is 17. The van der Waals surface area contributed by atoms with Crippen LogP contribution in [0.5, 0.6) is 11.5 Å². The van der Waals surface area contributed by atoms with Crippen molar-refractivity contribution in [3.05, 3.63) is 131 Å². The van der Waals surface area contributed by atoms with E-state index < -0.39 is 0 Å². The van der Waals surface area contributed by atoms with Crippen LogP contribution in [-0.4, -0.2) is 181 Å². The molecule has 0 aliphatic carbocycles. The Morgan fingerprint density at radius 2 is 0.857 bits per heavy atom. The average molecular weight is 1150 g/mol. The second kappa shape index (κ2) is 29.8. The third kappa shape index (κ3) is 17.9. The van der Waals surface area contributed by atoms with Crippen molar-refractivity contribution in [2.45, 2.75) is 125 Å². The molecule has 16 heteroatoms. The number of piperidine rings is 2. The van der Waals surface area contributed by atoms with E-state index in [4.69, 9.17) is 14.2 Å². The van der Waals surface area contributed by atoms with Gasteiger partial charge in [-0.15, -0.1) is 0 Å². The Balaban J connectivity index is 0.000000241. The first kappa shape index (κ1) is 64.8. The summed E-state index contributed by atoms with van der Waals surface area (Å²) in [5, 5.41) is 0. The van der Waals surface area contributed by atoms with Crippen molar-refractivity contribution < 1.29 is 43.0 Å². The molecular weight excluding hydrogens is 1060 g/mol. The van der Waals surface area contributed by atoms with E-state index in [0.29, 0.717) is 55.9 Å². The molecule has 0 N–H and O–H groups in total. The van der Waals surface area contributed by atoms with Crippen molar-refractivity contribution in [2.75, 3.05) is 99.4 Å². The maximum absolute atomic E-state index is 13.7. The highest BCUT2D eigenvalue weighted by Crippen LogP contribution is 2.39. The van der Waals surface area contributed by atoms with Gasteiger partial charge in [0.15, 0.2) is 13.2 Å². The lowest BCUT2D eigenvalue weighted by molar-refractivity contribution is -0.145. The Kier molecular flexibility index (Phi) is 23.0. The number of carbonyl (C=O) groups excluding carboxylic acids is 6. The zero-order chi connectivity index (χ0) is 60.7. The van der Waals surface area contributed by atoms with E-state index in [-0.39, 0.29) is 83.7 Å². The maximum atomic E-state index is 13.7. The molecular formula is C68H95N7O9. The number of piperazine rings is 2. The van der Waals surface area contributed by atoms with Gasteiger partial charge in [-0.1, -0.05) is 126 Å². The number of ether oxygens (including phenoxy) is 3. The van der Waals surface area contributed by atoms with Crippen molar-refractivity contribution in [1.82, 2.24) is 34.3 Å². The van der Waals surface area contributed by atoms with Gasteiger partial charge in [0.1, 0.15) is 11.5 Å². The molecule has 4 aromatic carbocycles. The number of benzene rings is 4. The van der Waals surface area contributed by atoms with E-state index in [0.717, 1.165) is 89.2 Å². The van der Waals surface area contributed by atoms with Crippen LogP contribution in [-0.2, 0) is 33.5 Å². The molecule has 0 radical (unpaired) electrons. The summed E-state index contributed by atoms with van der Waals surface area (Å²) >= 11 is 0. The quantitative estimate of drug-likeness (QED) is 0.0930. The fourth-order valence-corrected chi connectivity index (χ4v) is 12.4. The summed E-state index contributed by atoms with van der Waals surface area (Å²) in [6.07, 6.45) is 4.67. The first-order valence-electron chi connectivity index (χ1n) is 30.5. The summed E-state index contributed by atoms with van der Waals surface area (Å²) in [5.41, 5.74) is 4.50. The summed E-state index contributed by atoms with van der Waals surface area (Å²) in [7, 11) is 3.44. The van der Waals surface area contributed by atoms with E-state index in [1.165, 1.54) is 16.0 Å². The zero-order valence-electron chi connectivity index (χ0n) is 52.1. The van der Waals surface area contributed by atoms with Crippen LogP contribution in [0.25, 0.3) is 0 Å². The van der Waals surface area contributed by atoms with Crippen LogP contribution in [0, 0.1) is 22.7 Å². The Hall–Kier alpha value is -6.78. The van der Waals surface area contributed by atoms with Gasteiger partial charge in [0.25, 0.3) is 5.91 Å². The molecule has 84 heavy (non-hydrogen) atoms. The topological polar surface area (TPSA) is 153 Å². The SMILES string of the molecule is CC(=O)N1CCC(CC(=O)N2CCN(C(c3ccccc3)c3ccc(OCC(=O)N(C)C)cc3)C[C@@H]2C(C)(C)C)CC1.CCOC(=O)COc1ccc(C(c2ccccc2)N2CCN(C(=O)CC3CCN(C(C)=O)CC3)[C@@H](C(C)(C)C)C2)cc1. The minimum atomic E-state index is -0.383. The van der Waals surface area contributed by atoms with Gasteiger partial charge in [-0.3, -0.25) is 33.8 Å². The largest absolute Gasteiger partial charge is 0.484 e. The molecule has 0 bridgehead atoms. The predicted molar refractivity (Wildman–Crippen MR) is 328 cm³/mol. The molecule has 4 aliphatic heterocycles. The number of amides is 5. The van der Waals surface area contributed by atoms with Gasteiger partial charge >= 0.3 is 5.97 Å². The minimum absolute atomic E-state index is 0.00749. The standard InChI is InChI=1S/C34H48N4O4.C34H47N3O5/c1-25(39)36-18-16-26(17-19-36)22-31(40)38-21-20-37(23-30(38)34(2,3)4)33(27-10-8-7-9-11-27)28-12-14-29(15-13-28)42-24-32(41)35(5)6;1-6-41-32(40)24-42-29-14-12-28(13-15-29)33(27-10-8-7-9-11-27)36-20-21-37(30(23-36)34(3,4)5)31(39)22-26-16-18-35(19-17-26)25(2)38/h7-15,26,30,33H,16-24H2,1-6H3;7-15,26,30,33H,6,16-24H2,1-5H3/t2*30-,33?/m11/s1. The summed E-state index contributed by atoms with van der Waals surface area (Å²) in [6.45, 7) is 26.0. The molecule has 8 rings (SSSR count). The third-order valence-corrected chi connectivity index (χ3v) is 17.4. The van der Waals surface area contributed by atoms with Gasteiger partial charge in [0.05, 0.1) is 18.7 Å². The van der Waals surface area contributed by atoms with Crippen LogP contribution < -0.4 is 9.47 Å². The van der Waals surface area contributed by atoms with Gasteiger partial charge in [-0.2, -0.15) is 0 Å². The van der Waals surface area contributed by atoms with Crippen molar-refractivity contribution in [1.29, 1.82) is 0 Å². The Morgan fingerprint density at radius 3 is 1.19 bits per heavy atom. The Morgan fingerprint density at radius 1 is 0.500 bits per heavy atom. The van der Waals surface area contributed by atoms with E-state index in [2.05, 4.69) is 134 Å². The van der Waals surface area contributed by atoms with E-state index in [1.807, 2.05) is 46.2 Å². The second-order valence-electron chi connectivity index (χ2n) is 25.7. The van der Waals surface area contributed by atoms with Gasteiger partial charge in [-0.05, 0) is 102 Å². The van der Waals surface area contributed by atoms with Crippen molar-refractivity contribution in [2.24, 2.45) is 22.7 Å². The number of likely N-dealkylation sites (tertiary alicyclic amines) is 2. The van der Waals surface area contributed by atoms with Gasteiger partial charge in [0.2, 0.25) is 23.6 Å². The maximum Gasteiger partial charge on any atom is 0.344 e. The van der Waals surface area contributed by atoms with Crippen molar-refractivity contribution in [3.63, 3.8) is 0 Å². The molecule has 4 aromatic rings. The van der Waals surface area contributed by atoms with E-state index in [9.17, 15) is 28.8 Å². The second-order valence-corrected chi connectivity index (χ2v) is 25.7. The highest BCUT2D eigenvalue weighted by atomic mass is 16.6. The fourth-order valence-electron chi connectivity index (χ4n) is 12.4. The predicted octanol–water partition coefficient (Wildman–Crippen LogP) is 9.38. The normalized spacial score (nSPS) is 19.3. The summed E-state index contributed by atoms with van der Waals surface area (Å²) in [5.74, 6) is 2.19. The number of nitrogens with zero attached hydrogens (tertiary/aromatic N) is 7. The lowest BCUT2D eigenvalue weighted by atomic mass is 9.82. The zero-order valence-corrected chi connectivity index (χ0v) is 52.1. The highest BCUT2D eigenvalue weighted by Gasteiger charge is 2.43.